The summed E-state index contributed by atoms with van der Waals surface area (Å²) in [5.41, 5.74) is 0. The Morgan fingerprint density at radius 1 is 0.433 bits per heavy atom. The smallest absolute Gasteiger partial charge is 0.220 e. The maximum Gasteiger partial charge on any atom is 0.220 e. The third-order valence-corrected chi connectivity index (χ3v) is 7.14. The summed E-state index contributed by atoms with van der Waals surface area (Å²) in [7, 11) is 9.31. The molecule has 2 aliphatic heterocycles. The van der Waals surface area contributed by atoms with Gasteiger partial charge in [-0.3, -0.25) is 0 Å². The molecule has 1 aliphatic carbocycles. The molecule has 0 amide bonds. The molecule has 0 N–H and O–H groups in total. The SMILES string of the molecule is COC1[C@H]2OC(C)(OC)C(C)(OC)O[C@@H]2C(OC)[C@@H]2OC(C)(OC)C(C)(OC)O[C@@H]12. The Balaban J connectivity index is 2.05. The van der Waals surface area contributed by atoms with E-state index in [1.54, 1.807) is 41.9 Å². The molecule has 2 saturated heterocycles. The lowest BCUT2D eigenvalue weighted by molar-refractivity contribution is -0.504. The third kappa shape index (κ3) is 3.24. The van der Waals surface area contributed by atoms with Crippen molar-refractivity contribution >= 4 is 0 Å². The maximum absolute atomic E-state index is 6.41. The second-order valence-electron chi connectivity index (χ2n) is 8.33. The van der Waals surface area contributed by atoms with Crippen molar-refractivity contribution in [2.24, 2.45) is 0 Å². The largest absolute Gasteiger partial charge is 0.376 e. The predicted octanol–water partition coefficient (Wildman–Crippen LogP) is 1.05. The van der Waals surface area contributed by atoms with Crippen LogP contribution in [-0.4, -0.2) is 102 Å². The summed E-state index contributed by atoms with van der Waals surface area (Å²) in [5.74, 6) is -4.81. The van der Waals surface area contributed by atoms with Crippen molar-refractivity contribution in [2.75, 3.05) is 42.7 Å². The van der Waals surface area contributed by atoms with E-state index < -0.39 is 59.8 Å². The molecule has 10 atom stereocenters. The van der Waals surface area contributed by atoms with Crippen LogP contribution < -0.4 is 0 Å². The molecule has 3 aliphatic rings. The molecule has 1 saturated carbocycles. The Morgan fingerprint density at radius 2 is 0.633 bits per heavy atom. The van der Waals surface area contributed by atoms with Gasteiger partial charge in [0.1, 0.15) is 36.6 Å². The number of fused-ring (bicyclic) bond motifs is 2. The number of rotatable bonds is 6. The van der Waals surface area contributed by atoms with Crippen LogP contribution in [0, 0.1) is 0 Å². The van der Waals surface area contributed by atoms with Crippen LogP contribution in [-0.2, 0) is 47.4 Å². The molecule has 176 valence electrons. The van der Waals surface area contributed by atoms with E-state index in [2.05, 4.69) is 0 Å². The highest BCUT2D eigenvalue weighted by Crippen LogP contribution is 2.50. The number of methoxy groups -OCH3 is 6. The van der Waals surface area contributed by atoms with Crippen molar-refractivity contribution in [3.63, 3.8) is 0 Å². The zero-order chi connectivity index (χ0) is 22.5. The van der Waals surface area contributed by atoms with Gasteiger partial charge in [-0.25, -0.2) is 0 Å². The Morgan fingerprint density at radius 3 is 0.767 bits per heavy atom. The minimum Gasteiger partial charge on any atom is -0.376 e. The van der Waals surface area contributed by atoms with Crippen LogP contribution in [0.5, 0.6) is 0 Å². The lowest BCUT2D eigenvalue weighted by Gasteiger charge is -2.62. The quantitative estimate of drug-likeness (QED) is 0.601. The average Bonchev–Trinajstić information content (AvgIpc) is 2.74. The fourth-order valence-corrected chi connectivity index (χ4v) is 4.60. The minimum atomic E-state index is -1.20. The molecule has 0 spiro atoms. The van der Waals surface area contributed by atoms with E-state index in [4.69, 9.17) is 47.4 Å². The van der Waals surface area contributed by atoms with E-state index in [0.29, 0.717) is 0 Å². The monoisotopic (exact) mass is 436 g/mol. The summed E-state index contributed by atoms with van der Waals surface area (Å²) in [6.07, 6.45) is -3.51. The molecule has 3 rings (SSSR count). The van der Waals surface area contributed by atoms with Gasteiger partial charge in [-0.15, -0.1) is 0 Å². The topological polar surface area (TPSA) is 92.3 Å². The maximum atomic E-state index is 6.41. The predicted molar refractivity (Wildman–Crippen MR) is 103 cm³/mol. The molecule has 6 unspecified atom stereocenters. The Hall–Kier alpha value is -0.400. The first-order valence-corrected chi connectivity index (χ1v) is 10.00. The second-order valence-corrected chi connectivity index (χ2v) is 8.33. The van der Waals surface area contributed by atoms with E-state index in [1.165, 1.54) is 28.4 Å². The molecular formula is C20H36O10. The number of hydrogen-bond acceptors (Lipinski definition) is 10. The van der Waals surface area contributed by atoms with Crippen molar-refractivity contribution < 1.29 is 47.4 Å². The van der Waals surface area contributed by atoms with Gasteiger partial charge in [0, 0.05) is 42.7 Å². The summed E-state index contributed by atoms with van der Waals surface area (Å²) >= 11 is 0. The standard InChI is InChI=1S/C20H36O10/c1-17(23-7)18(2,24-8)28-14-12(22-6)16-15(11(21-5)13(14)27-17)29-19(3,25-9)20(4,26-10)30-16/h11-16H,1-10H3/t11?,12?,13-,14-,15+,16+,17?,18?,19?,20?. The van der Waals surface area contributed by atoms with Gasteiger partial charge in [0.05, 0.1) is 0 Å². The molecule has 0 aromatic heterocycles. The summed E-state index contributed by atoms with van der Waals surface area (Å²) in [5, 5.41) is 0. The van der Waals surface area contributed by atoms with Gasteiger partial charge in [-0.2, -0.15) is 0 Å². The van der Waals surface area contributed by atoms with E-state index in [9.17, 15) is 0 Å². The highest BCUT2D eigenvalue weighted by atomic mass is 16.8. The van der Waals surface area contributed by atoms with Crippen molar-refractivity contribution in [1.29, 1.82) is 0 Å². The van der Waals surface area contributed by atoms with E-state index >= 15 is 0 Å². The Kier molecular flexibility index (Phi) is 6.61. The van der Waals surface area contributed by atoms with E-state index in [1.807, 2.05) is 0 Å². The summed E-state index contributed by atoms with van der Waals surface area (Å²) in [6, 6.07) is 0. The fraction of sp³-hybridized carbons (Fsp3) is 1.00. The highest BCUT2D eigenvalue weighted by Gasteiger charge is 2.69. The van der Waals surface area contributed by atoms with Crippen molar-refractivity contribution in [1.82, 2.24) is 0 Å². The van der Waals surface area contributed by atoms with Gasteiger partial charge in [-0.1, -0.05) is 0 Å². The van der Waals surface area contributed by atoms with Crippen LogP contribution in [0.25, 0.3) is 0 Å². The average molecular weight is 436 g/mol. The molecule has 0 bridgehead atoms. The summed E-state index contributed by atoms with van der Waals surface area (Å²) in [6.45, 7) is 7.03. The molecule has 30 heavy (non-hydrogen) atoms. The first-order valence-electron chi connectivity index (χ1n) is 10.00. The van der Waals surface area contributed by atoms with Crippen molar-refractivity contribution in [2.45, 2.75) is 87.5 Å². The van der Waals surface area contributed by atoms with Gasteiger partial charge in [0.2, 0.25) is 23.1 Å². The van der Waals surface area contributed by atoms with Gasteiger partial charge >= 0.3 is 0 Å². The molecule has 0 aromatic carbocycles. The van der Waals surface area contributed by atoms with Crippen LogP contribution in [0.4, 0.5) is 0 Å². The lowest BCUT2D eigenvalue weighted by Crippen LogP contribution is -2.79. The van der Waals surface area contributed by atoms with Gasteiger partial charge in [-0.05, 0) is 27.7 Å². The summed E-state index contributed by atoms with van der Waals surface area (Å²) < 4.78 is 60.0. The Bertz CT molecular complexity index is 520. The highest BCUT2D eigenvalue weighted by molar-refractivity contribution is 5.10. The molecule has 0 aromatic rings. The molecule has 10 heteroatoms. The number of hydrogen-bond donors (Lipinski definition) is 0. The molecular weight excluding hydrogens is 400 g/mol. The van der Waals surface area contributed by atoms with E-state index in [-0.39, 0.29) is 0 Å². The van der Waals surface area contributed by atoms with Crippen molar-refractivity contribution in [3.05, 3.63) is 0 Å². The molecule has 0 radical (unpaired) electrons. The van der Waals surface area contributed by atoms with Crippen LogP contribution >= 0.6 is 0 Å². The molecule has 10 nitrogen and oxygen atoms in total. The first-order chi connectivity index (χ1) is 14.0. The molecule has 3 fully saturated rings. The van der Waals surface area contributed by atoms with Crippen molar-refractivity contribution in [3.8, 4) is 0 Å². The third-order valence-electron chi connectivity index (χ3n) is 7.14. The lowest BCUT2D eigenvalue weighted by atomic mass is 9.81. The second kappa shape index (κ2) is 8.18. The zero-order valence-corrected chi connectivity index (χ0v) is 19.5. The zero-order valence-electron chi connectivity index (χ0n) is 19.5. The first kappa shape index (κ1) is 24.2. The van der Waals surface area contributed by atoms with E-state index in [0.717, 1.165) is 0 Å². The summed E-state index contributed by atoms with van der Waals surface area (Å²) in [4.78, 5) is 0. The van der Waals surface area contributed by atoms with Gasteiger partial charge < -0.3 is 47.4 Å². The van der Waals surface area contributed by atoms with Gasteiger partial charge in [0.15, 0.2) is 0 Å². The van der Waals surface area contributed by atoms with Crippen LogP contribution in [0.2, 0.25) is 0 Å². The van der Waals surface area contributed by atoms with Crippen LogP contribution in [0.1, 0.15) is 27.7 Å². The number of ether oxygens (including phenoxy) is 10. The minimum absolute atomic E-state index is 0.571. The molecule has 2 heterocycles. The fourth-order valence-electron chi connectivity index (χ4n) is 4.60. The van der Waals surface area contributed by atoms with Crippen LogP contribution in [0.3, 0.4) is 0 Å². The normalized spacial score (nSPS) is 53.8. The van der Waals surface area contributed by atoms with Crippen LogP contribution in [0.15, 0.2) is 0 Å². The van der Waals surface area contributed by atoms with Gasteiger partial charge in [0.25, 0.3) is 0 Å². The Labute approximate surface area is 178 Å².